The molecule has 1 rings (SSSR count). The molecule has 48 valence electrons. The van der Waals surface area contributed by atoms with Crippen molar-refractivity contribution in [1.29, 1.82) is 5.26 Å². The van der Waals surface area contributed by atoms with Gasteiger partial charge in [0.25, 0.3) is 0 Å². The van der Waals surface area contributed by atoms with Crippen LogP contribution in [0.5, 0.6) is 0 Å². The average Bonchev–Trinajstić information content (AvgIpc) is 2.66. The SMILES string of the molecule is CCC(C#N)CC1N=N1. The summed E-state index contributed by atoms with van der Waals surface area (Å²) in [6.45, 7) is 2.01. The van der Waals surface area contributed by atoms with E-state index in [1.165, 1.54) is 0 Å². The topological polar surface area (TPSA) is 48.5 Å². The zero-order valence-electron chi connectivity index (χ0n) is 5.41. The van der Waals surface area contributed by atoms with Crippen molar-refractivity contribution in [3.05, 3.63) is 0 Å². The average molecular weight is 123 g/mol. The molecule has 3 heteroatoms. The van der Waals surface area contributed by atoms with Crippen LogP contribution in [0.2, 0.25) is 0 Å². The first-order valence-electron chi connectivity index (χ1n) is 3.16. The van der Waals surface area contributed by atoms with Crippen molar-refractivity contribution in [2.24, 2.45) is 16.1 Å². The van der Waals surface area contributed by atoms with E-state index >= 15 is 0 Å². The van der Waals surface area contributed by atoms with E-state index < -0.39 is 0 Å². The molecule has 3 nitrogen and oxygen atoms in total. The summed E-state index contributed by atoms with van der Waals surface area (Å²) in [5.41, 5.74) is 0. The summed E-state index contributed by atoms with van der Waals surface area (Å²) < 4.78 is 0. The second-order valence-electron chi connectivity index (χ2n) is 2.18. The molecule has 0 saturated heterocycles. The van der Waals surface area contributed by atoms with Gasteiger partial charge in [0.05, 0.1) is 12.0 Å². The van der Waals surface area contributed by atoms with Gasteiger partial charge in [-0.1, -0.05) is 6.92 Å². The minimum absolute atomic E-state index is 0.157. The molecule has 0 spiro atoms. The lowest BCUT2D eigenvalue weighted by molar-refractivity contribution is 0.571. The van der Waals surface area contributed by atoms with Crippen molar-refractivity contribution < 1.29 is 0 Å². The van der Waals surface area contributed by atoms with Crippen LogP contribution in [0.25, 0.3) is 0 Å². The maximum Gasteiger partial charge on any atom is 0.182 e. The Balaban J connectivity index is 2.15. The molecular formula is C6H9N3. The zero-order valence-corrected chi connectivity index (χ0v) is 5.41. The summed E-state index contributed by atoms with van der Waals surface area (Å²) in [6, 6.07) is 2.20. The van der Waals surface area contributed by atoms with Gasteiger partial charge >= 0.3 is 0 Å². The first-order chi connectivity index (χ1) is 4.36. The van der Waals surface area contributed by atoms with Crippen LogP contribution < -0.4 is 0 Å². The van der Waals surface area contributed by atoms with Crippen LogP contribution in [0.3, 0.4) is 0 Å². The van der Waals surface area contributed by atoms with Gasteiger partial charge < -0.3 is 0 Å². The number of rotatable bonds is 3. The quantitative estimate of drug-likeness (QED) is 0.563. The normalized spacial score (nSPS) is 19.1. The molecular weight excluding hydrogens is 114 g/mol. The van der Waals surface area contributed by atoms with E-state index in [2.05, 4.69) is 16.3 Å². The molecule has 0 aromatic rings. The summed E-state index contributed by atoms with van der Waals surface area (Å²) in [4.78, 5) is 0. The third-order valence-electron chi connectivity index (χ3n) is 1.45. The lowest BCUT2D eigenvalue weighted by Gasteiger charge is -1.98. The highest BCUT2D eigenvalue weighted by Gasteiger charge is 2.20. The van der Waals surface area contributed by atoms with Gasteiger partial charge in [0, 0.05) is 6.42 Å². The molecule has 1 atom stereocenters. The molecule has 0 radical (unpaired) electrons. The van der Waals surface area contributed by atoms with E-state index in [4.69, 9.17) is 5.26 Å². The van der Waals surface area contributed by atoms with Gasteiger partial charge in [-0.15, -0.1) is 0 Å². The van der Waals surface area contributed by atoms with Crippen LogP contribution >= 0.6 is 0 Å². The second-order valence-corrected chi connectivity index (χ2v) is 2.18. The van der Waals surface area contributed by atoms with E-state index in [0.717, 1.165) is 12.8 Å². The van der Waals surface area contributed by atoms with Crippen LogP contribution in [0.15, 0.2) is 10.2 Å². The predicted octanol–water partition coefficient (Wildman–Crippen LogP) is 1.72. The summed E-state index contributed by atoms with van der Waals surface area (Å²) in [5, 5.41) is 15.9. The standard InChI is InChI=1S/C6H9N3/c1-2-5(4-7)3-6-8-9-6/h5-6H,2-3H2,1H3. The Labute approximate surface area is 54.4 Å². The van der Waals surface area contributed by atoms with Crippen LogP contribution in [0.4, 0.5) is 0 Å². The van der Waals surface area contributed by atoms with E-state index in [-0.39, 0.29) is 12.1 Å². The Morgan fingerprint density at radius 1 is 1.67 bits per heavy atom. The Kier molecular flexibility index (Phi) is 1.78. The minimum atomic E-state index is 0.157. The fourth-order valence-electron chi connectivity index (χ4n) is 0.707. The summed E-state index contributed by atoms with van der Waals surface area (Å²) >= 11 is 0. The van der Waals surface area contributed by atoms with Gasteiger partial charge in [-0.3, -0.25) is 0 Å². The van der Waals surface area contributed by atoms with Crippen molar-refractivity contribution in [2.75, 3.05) is 0 Å². The summed E-state index contributed by atoms with van der Waals surface area (Å²) in [5.74, 6) is 0.157. The Morgan fingerprint density at radius 2 is 2.33 bits per heavy atom. The van der Waals surface area contributed by atoms with E-state index in [9.17, 15) is 0 Å². The van der Waals surface area contributed by atoms with Crippen molar-refractivity contribution >= 4 is 0 Å². The third-order valence-corrected chi connectivity index (χ3v) is 1.45. The number of hydrogen-bond acceptors (Lipinski definition) is 3. The maximum atomic E-state index is 8.47. The summed E-state index contributed by atoms with van der Waals surface area (Å²) in [7, 11) is 0. The molecule has 0 amide bonds. The van der Waals surface area contributed by atoms with E-state index in [0.29, 0.717) is 0 Å². The van der Waals surface area contributed by atoms with Crippen LogP contribution in [0.1, 0.15) is 19.8 Å². The smallest absolute Gasteiger partial charge is 0.182 e. The lowest BCUT2D eigenvalue weighted by atomic mass is 10.0. The van der Waals surface area contributed by atoms with Crippen molar-refractivity contribution in [3.8, 4) is 6.07 Å². The molecule has 0 aromatic heterocycles. The Hall–Kier alpha value is -0.910. The molecule has 0 fully saturated rings. The fraction of sp³-hybridized carbons (Fsp3) is 0.833. The maximum absolute atomic E-state index is 8.47. The monoisotopic (exact) mass is 123 g/mol. The number of hydrogen-bond donors (Lipinski definition) is 0. The molecule has 1 aliphatic rings. The van der Waals surface area contributed by atoms with Gasteiger partial charge in [-0.2, -0.15) is 15.5 Å². The predicted molar refractivity (Wildman–Crippen MR) is 32.7 cm³/mol. The molecule has 9 heavy (non-hydrogen) atoms. The molecule has 0 aliphatic carbocycles. The first-order valence-corrected chi connectivity index (χ1v) is 3.16. The van der Waals surface area contributed by atoms with E-state index in [1.54, 1.807) is 0 Å². The highest BCUT2D eigenvalue weighted by Crippen LogP contribution is 2.21. The highest BCUT2D eigenvalue weighted by atomic mass is 15.4. The molecule has 0 saturated carbocycles. The highest BCUT2D eigenvalue weighted by molar-refractivity contribution is 4.86. The molecule has 0 N–H and O–H groups in total. The van der Waals surface area contributed by atoms with Crippen LogP contribution in [-0.2, 0) is 0 Å². The minimum Gasteiger partial charge on any atom is -0.198 e. The van der Waals surface area contributed by atoms with Gasteiger partial charge in [-0.25, -0.2) is 0 Å². The van der Waals surface area contributed by atoms with Crippen LogP contribution in [-0.4, -0.2) is 6.17 Å². The van der Waals surface area contributed by atoms with Crippen molar-refractivity contribution in [2.45, 2.75) is 25.9 Å². The second kappa shape index (κ2) is 2.58. The zero-order chi connectivity index (χ0) is 6.69. The Morgan fingerprint density at radius 3 is 2.67 bits per heavy atom. The Bertz CT molecular complexity index is 150. The molecule has 1 heterocycles. The van der Waals surface area contributed by atoms with Crippen molar-refractivity contribution in [3.63, 3.8) is 0 Å². The van der Waals surface area contributed by atoms with Gasteiger partial charge in [-0.05, 0) is 6.42 Å². The van der Waals surface area contributed by atoms with Crippen molar-refractivity contribution in [1.82, 2.24) is 0 Å². The molecule has 1 unspecified atom stereocenters. The fourth-order valence-corrected chi connectivity index (χ4v) is 0.707. The van der Waals surface area contributed by atoms with Crippen LogP contribution in [0, 0.1) is 17.2 Å². The van der Waals surface area contributed by atoms with Gasteiger partial charge in [0.2, 0.25) is 0 Å². The molecule has 0 bridgehead atoms. The lowest BCUT2D eigenvalue weighted by Crippen LogP contribution is -1.98. The largest absolute Gasteiger partial charge is 0.198 e. The molecule has 0 aromatic carbocycles. The van der Waals surface area contributed by atoms with Gasteiger partial charge in [0.1, 0.15) is 0 Å². The number of nitriles is 1. The third kappa shape index (κ3) is 1.80. The summed E-state index contributed by atoms with van der Waals surface area (Å²) in [6.07, 6.45) is 1.90. The van der Waals surface area contributed by atoms with Gasteiger partial charge in [0.15, 0.2) is 6.17 Å². The first kappa shape index (κ1) is 6.21. The molecule has 1 aliphatic heterocycles. The van der Waals surface area contributed by atoms with E-state index in [1.807, 2.05) is 6.92 Å². The number of nitrogens with zero attached hydrogens (tertiary/aromatic N) is 3.